The van der Waals surface area contributed by atoms with Crippen molar-refractivity contribution in [2.75, 3.05) is 5.32 Å². The molecule has 3 aromatic rings. The molecule has 0 atom stereocenters. The van der Waals surface area contributed by atoms with Gasteiger partial charge in [0.15, 0.2) is 10.8 Å². The summed E-state index contributed by atoms with van der Waals surface area (Å²) in [6.45, 7) is 2.08. The predicted molar refractivity (Wildman–Crippen MR) is 111 cm³/mol. The Morgan fingerprint density at radius 1 is 1.20 bits per heavy atom. The summed E-state index contributed by atoms with van der Waals surface area (Å²) in [4.78, 5) is 42.7. The maximum atomic E-state index is 12.6. The molecule has 156 valence electrons. The van der Waals surface area contributed by atoms with E-state index in [4.69, 9.17) is 10.8 Å². The SMILES string of the molecule is CCCc1ccc(C(=O)Nc2[nH]c(Cc3ccc(OC(=O)O)s3)nc2C(N)=O)cc1. The van der Waals surface area contributed by atoms with E-state index in [0.717, 1.165) is 34.6 Å². The first-order valence-electron chi connectivity index (χ1n) is 9.14. The molecule has 0 saturated carbocycles. The number of anilines is 1. The third-order valence-electron chi connectivity index (χ3n) is 4.15. The normalized spacial score (nSPS) is 10.6. The molecule has 2 aromatic heterocycles. The number of nitrogens with zero attached hydrogens (tertiary/aromatic N) is 1. The molecule has 9 nitrogen and oxygen atoms in total. The van der Waals surface area contributed by atoms with Crippen LogP contribution in [0.5, 0.6) is 5.06 Å². The van der Waals surface area contributed by atoms with Gasteiger partial charge in [0.05, 0.1) is 0 Å². The molecule has 0 spiro atoms. The van der Waals surface area contributed by atoms with E-state index in [1.165, 1.54) is 6.07 Å². The number of carbonyl (C=O) groups excluding carboxylic acids is 2. The van der Waals surface area contributed by atoms with Gasteiger partial charge in [0.1, 0.15) is 11.6 Å². The van der Waals surface area contributed by atoms with Gasteiger partial charge in [-0.05, 0) is 36.2 Å². The van der Waals surface area contributed by atoms with Crippen molar-refractivity contribution in [2.45, 2.75) is 26.2 Å². The number of rotatable bonds is 8. The van der Waals surface area contributed by atoms with Crippen molar-refractivity contribution in [1.82, 2.24) is 9.97 Å². The molecule has 10 heteroatoms. The van der Waals surface area contributed by atoms with E-state index >= 15 is 0 Å². The van der Waals surface area contributed by atoms with Gasteiger partial charge in [-0.3, -0.25) is 9.59 Å². The second-order valence-electron chi connectivity index (χ2n) is 6.44. The van der Waals surface area contributed by atoms with Gasteiger partial charge in [-0.2, -0.15) is 0 Å². The van der Waals surface area contributed by atoms with Crippen LogP contribution in [0.4, 0.5) is 10.6 Å². The number of aromatic nitrogens is 2. The number of benzene rings is 1. The first-order valence-corrected chi connectivity index (χ1v) is 9.95. The molecule has 0 radical (unpaired) electrons. The lowest BCUT2D eigenvalue weighted by atomic mass is 10.1. The van der Waals surface area contributed by atoms with Gasteiger partial charge in [-0.1, -0.05) is 25.5 Å². The first-order chi connectivity index (χ1) is 14.4. The smallest absolute Gasteiger partial charge is 0.449 e. The minimum atomic E-state index is -1.40. The Bertz CT molecular complexity index is 1070. The van der Waals surface area contributed by atoms with E-state index < -0.39 is 18.0 Å². The van der Waals surface area contributed by atoms with Crippen LogP contribution in [0.3, 0.4) is 0 Å². The van der Waals surface area contributed by atoms with E-state index in [9.17, 15) is 14.4 Å². The number of nitrogens with one attached hydrogen (secondary N) is 2. The predicted octanol–water partition coefficient (Wildman–Crippen LogP) is 3.42. The maximum absolute atomic E-state index is 12.6. The van der Waals surface area contributed by atoms with Crippen LogP contribution in [0.2, 0.25) is 0 Å². The zero-order valence-corrected chi connectivity index (χ0v) is 16.9. The molecule has 2 heterocycles. The molecular formula is C20H20N4O5S. The van der Waals surface area contributed by atoms with Crippen LogP contribution >= 0.6 is 11.3 Å². The van der Waals surface area contributed by atoms with Crippen molar-refractivity contribution in [3.05, 3.63) is 63.9 Å². The van der Waals surface area contributed by atoms with Gasteiger partial charge in [-0.15, -0.1) is 11.3 Å². The van der Waals surface area contributed by atoms with Gasteiger partial charge in [0.25, 0.3) is 11.8 Å². The van der Waals surface area contributed by atoms with E-state index in [1.54, 1.807) is 18.2 Å². The highest BCUT2D eigenvalue weighted by Gasteiger charge is 2.19. The number of nitrogens with two attached hydrogens (primary N) is 1. The van der Waals surface area contributed by atoms with Crippen LogP contribution in [0, 0.1) is 0 Å². The van der Waals surface area contributed by atoms with E-state index in [2.05, 4.69) is 26.9 Å². The van der Waals surface area contributed by atoms with E-state index in [1.807, 2.05) is 12.1 Å². The number of ether oxygens (including phenoxy) is 1. The highest BCUT2D eigenvalue weighted by atomic mass is 32.1. The Balaban J connectivity index is 1.75. The van der Waals surface area contributed by atoms with Crippen molar-refractivity contribution >= 4 is 35.1 Å². The Morgan fingerprint density at radius 2 is 1.93 bits per heavy atom. The van der Waals surface area contributed by atoms with E-state index in [0.29, 0.717) is 11.4 Å². The van der Waals surface area contributed by atoms with Gasteiger partial charge in [0.2, 0.25) is 0 Å². The Kier molecular flexibility index (Phi) is 6.48. The molecular weight excluding hydrogens is 408 g/mol. The number of aryl methyl sites for hydroxylation is 1. The van der Waals surface area contributed by atoms with Gasteiger partial charge in [0, 0.05) is 16.9 Å². The number of carboxylic acid groups (broad SMARTS) is 1. The fourth-order valence-corrected chi connectivity index (χ4v) is 3.68. The summed E-state index contributed by atoms with van der Waals surface area (Å²) in [5.74, 6) is -0.684. The number of H-pyrrole nitrogens is 1. The number of imidazole rings is 1. The Morgan fingerprint density at radius 3 is 2.57 bits per heavy atom. The van der Waals surface area contributed by atoms with Gasteiger partial charge < -0.3 is 25.9 Å². The lowest BCUT2D eigenvalue weighted by Crippen LogP contribution is -2.18. The van der Waals surface area contributed by atoms with E-state index in [-0.39, 0.29) is 23.0 Å². The summed E-state index contributed by atoms with van der Waals surface area (Å²) < 4.78 is 4.60. The largest absolute Gasteiger partial charge is 0.512 e. The summed E-state index contributed by atoms with van der Waals surface area (Å²) in [6, 6.07) is 10.4. The molecule has 0 bridgehead atoms. The topological polar surface area (TPSA) is 147 Å². The van der Waals surface area contributed by atoms with Crippen molar-refractivity contribution in [3.8, 4) is 5.06 Å². The molecule has 0 fully saturated rings. The lowest BCUT2D eigenvalue weighted by molar-refractivity contribution is 0.0996. The zero-order valence-electron chi connectivity index (χ0n) is 16.1. The fourth-order valence-electron chi connectivity index (χ4n) is 2.83. The number of carbonyl (C=O) groups is 3. The number of aromatic amines is 1. The van der Waals surface area contributed by atoms with Crippen LogP contribution in [-0.2, 0) is 12.8 Å². The number of hydrogen-bond donors (Lipinski definition) is 4. The van der Waals surface area contributed by atoms with Crippen molar-refractivity contribution in [1.29, 1.82) is 0 Å². The number of amides is 2. The fraction of sp³-hybridized carbons (Fsp3) is 0.200. The van der Waals surface area contributed by atoms with Crippen LogP contribution in [0.15, 0.2) is 36.4 Å². The number of primary amides is 1. The standard InChI is InChI=1S/C20H20N4O5S/c1-2-3-11-4-6-12(7-5-11)19(26)24-18-16(17(21)25)22-14(23-18)10-13-8-9-15(30-13)29-20(27)28/h4-9H,2-3,10H2,1H3,(H2,21,25)(H,22,23)(H,24,26)(H,27,28). The average molecular weight is 428 g/mol. The highest BCUT2D eigenvalue weighted by molar-refractivity contribution is 7.13. The van der Waals surface area contributed by atoms with Crippen LogP contribution in [-0.4, -0.2) is 33.0 Å². The van der Waals surface area contributed by atoms with Gasteiger partial charge in [-0.25, -0.2) is 9.78 Å². The molecule has 0 saturated heterocycles. The molecule has 3 rings (SSSR count). The van der Waals surface area contributed by atoms with Crippen molar-refractivity contribution < 1.29 is 24.2 Å². The molecule has 0 aliphatic rings. The molecule has 0 unspecified atom stereocenters. The monoisotopic (exact) mass is 428 g/mol. The average Bonchev–Trinajstić information content (AvgIpc) is 3.29. The Labute approximate surface area is 175 Å². The molecule has 0 aliphatic carbocycles. The quantitative estimate of drug-likeness (QED) is 0.404. The van der Waals surface area contributed by atoms with Crippen LogP contribution in [0.1, 0.15) is 50.5 Å². The van der Waals surface area contributed by atoms with Crippen LogP contribution in [0.25, 0.3) is 0 Å². The molecule has 1 aromatic carbocycles. The summed E-state index contributed by atoms with van der Waals surface area (Å²) >= 11 is 1.13. The Hall–Kier alpha value is -3.66. The van der Waals surface area contributed by atoms with Crippen molar-refractivity contribution in [3.63, 3.8) is 0 Å². The summed E-state index contributed by atoms with van der Waals surface area (Å²) in [6.07, 6.45) is 0.818. The van der Waals surface area contributed by atoms with Gasteiger partial charge >= 0.3 is 6.16 Å². The third kappa shape index (κ3) is 5.23. The maximum Gasteiger partial charge on any atom is 0.512 e. The summed E-state index contributed by atoms with van der Waals surface area (Å²) in [5, 5.41) is 11.5. The highest BCUT2D eigenvalue weighted by Crippen LogP contribution is 2.27. The summed E-state index contributed by atoms with van der Waals surface area (Å²) in [5.41, 5.74) is 6.89. The molecule has 0 aliphatic heterocycles. The van der Waals surface area contributed by atoms with Crippen molar-refractivity contribution in [2.24, 2.45) is 5.73 Å². The molecule has 5 N–H and O–H groups in total. The minimum Gasteiger partial charge on any atom is -0.449 e. The summed E-state index contributed by atoms with van der Waals surface area (Å²) in [7, 11) is 0. The molecule has 2 amide bonds. The second kappa shape index (κ2) is 9.23. The zero-order chi connectivity index (χ0) is 21.7. The number of hydrogen-bond acceptors (Lipinski definition) is 6. The lowest BCUT2D eigenvalue weighted by Gasteiger charge is -2.05. The minimum absolute atomic E-state index is 0.0838. The number of thiophene rings is 1. The molecule has 30 heavy (non-hydrogen) atoms. The third-order valence-corrected chi connectivity index (χ3v) is 5.11. The first kappa shape index (κ1) is 21.1. The second-order valence-corrected chi connectivity index (χ2v) is 7.57. The van der Waals surface area contributed by atoms with Crippen LogP contribution < -0.4 is 15.8 Å².